The number of carboxylic acid groups (broad SMARTS) is 1. The monoisotopic (exact) mass is 304 g/mol. The van der Waals surface area contributed by atoms with E-state index in [4.69, 9.17) is 10.8 Å². The second kappa shape index (κ2) is 5.24. The summed E-state index contributed by atoms with van der Waals surface area (Å²) in [5.74, 6) is -0.208. The highest BCUT2D eigenvalue weighted by atomic mass is 16.4. The largest absolute Gasteiger partial charge is 0.465 e. The molecular formula is C15H20N4O3. The Hall–Kier alpha value is -2.15. The van der Waals surface area contributed by atoms with Crippen molar-refractivity contribution in [3.63, 3.8) is 0 Å². The van der Waals surface area contributed by atoms with Crippen LogP contribution in [0.1, 0.15) is 31.4 Å². The zero-order chi connectivity index (χ0) is 15.8. The predicted molar refractivity (Wildman–Crippen MR) is 79.0 cm³/mol. The average Bonchev–Trinajstić information content (AvgIpc) is 3.29. The summed E-state index contributed by atoms with van der Waals surface area (Å²) in [5, 5.41) is 12.0. The summed E-state index contributed by atoms with van der Waals surface area (Å²) in [6.07, 6.45) is 3.13. The fraction of sp³-hybridized carbons (Fsp3) is 0.533. The molecule has 22 heavy (non-hydrogen) atoms. The Morgan fingerprint density at radius 2 is 1.91 bits per heavy atom. The van der Waals surface area contributed by atoms with Crippen molar-refractivity contribution >= 4 is 12.0 Å². The SMILES string of the molecule is NC1(C(=O)NC2(c3ccccn3)CC2)CCN(C(=O)O)CC1. The van der Waals surface area contributed by atoms with Crippen molar-refractivity contribution < 1.29 is 14.7 Å². The van der Waals surface area contributed by atoms with E-state index in [1.807, 2.05) is 18.2 Å². The fourth-order valence-electron chi connectivity index (χ4n) is 2.88. The van der Waals surface area contributed by atoms with Crippen LogP contribution in [0.5, 0.6) is 0 Å². The van der Waals surface area contributed by atoms with Gasteiger partial charge in [-0.3, -0.25) is 9.78 Å². The van der Waals surface area contributed by atoms with E-state index < -0.39 is 17.2 Å². The molecule has 1 aliphatic heterocycles. The summed E-state index contributed by atoms with van der Waals surface area (Å²) >= 11 is 0. The van der Waals surface area contributed by atoms with Crippen LogP contribution in [0.2, 0.25) is 0 Å². The van der Waals surface area contributed by atoms with Gasteiger partial charge in [0.15, 0.2) is 0 Å². The van der Waals surface area contributed by atoms with Crippen molar-refractivity contribution in [3.8, 4) is 0 Å². The number of carbonyl (C=O) groups excluding carboxylic acids is 1. The summed E-state index contributed by atoms with van der Waals surface area (Å²) in [6, 6.07) is 5.65. The lowest BCUT2D eigenvalue weighted by Gasteiger charge is -2.37. The molecule has 0 bridgehead atoms. The summed E-state index contributed by atoms with van der Waals surface area (Å²) < 4.78 is 0. The van der Waals surface area contributed by atoms with Crippen LogP contribution >= 0.6 is 0 Å². The molecule has 1 aliphatic carbocycles. The van der Waals surface area contributed by atoms with Gasteiger partial charge in [-0.05, 0) is 37.8 Å². The first-order chi connectivity index (χ1) is 10.5. The van der Waals surface area contributed by atoms with E-state index in [1.54, 1.807) is 6.20 Å². The van der Waals surface area contributed by atoms with Gasteiger partial charge >= 0.3 is 6.09 Å². The van der Waals surface area contributed by atoms with Crippen molar-refractivity contribution in [1.29, 1.82) is 0 Å². The highest BCUT2D eigenvalue weighted by molar-refractivity contribution is 5.87. The van der Waals surface area contributed by atoms with Crippen molar-refractivity contribution in [1.82, 2.24) is 15.2 Å². The number of nitrogens with one attached hydrogen (secondary N) is 1. The third-order valence-corrected chi connectivity index (χ3v) is 4.64. The molecule has 118 valence electrons. The smallest absolute Gasteiger partial charge is 0.407 e. The van der Waals surface area contributed by atoms with Crippen molar-refractivity contribution in [2.24, 2.45) is 5.73 Å². The first kappa shape index (κ1) is 14.8. The molecule has 3 rings (SSSR count). The standard InChI is InChI=1S/C15H20N4O3/c16-14(6-9-19(10-7-14)13(21)22)12(20)18-15(4-5-15)11-3-1-2-8-17-11/h1-3,8H,4-7,9-10,16H2,(H,18,20)(H,21,22). The summed E-state index contributed by atoms with van der Waals surface area (Å²) in [5.41, 5.74) is 5.68. The van der Waals surface area contributed by atoms with Crippen molar-refractivity contribution in [2.75, 3.05) is 13.1 Å². The predicted octanol–water partition coefficient (Wildman–Crippen LogP) is 0.658. The van der Waals surface area contributed by atoms with Gasteiger partial charge in [0, 0.05) is 19.3 Å². The van der Waals surface area contributed by atoms with Crippen LogP contribution in [0.3, 0.4) is 0 Å². The molecule has 2 aliphatic rings. The number of pyridine rings is 1. The number of aromatic nitrogens is 1. The zero-order valence-electron chi connectivity index (χ0n) is 12.3. The van der Waals surface area contributed by atoms with Crippen molar-refractivity contribution in [2.45, 2.75) is 36.8 Å². The molecule has 1 aromatic heterocycles. The number of nitrogens with zero attached hydrogens (tertiary/aromatic N) is 2. The number of hydrogen-bond acceptors (Lipinski definition) is 4. The third kappa shape index (κ3) is 2.64. The summed E-state index contributed by atoms with van der Waals surface area (Å²) in [4.78, 5) is 29.2. The Morgan fingerprint density at radius 1 is 1.23 bits per heavy atom. The number of carbonyl (C=O) groups is 2. The Labute approximate surface area is 128 Å². The molecule has 0 spiro atoms. The summed E-state index contributed by atoms with van der Waals surface area (Å²) in [6.45, 7) is 0.575. The Morgan fingerprint density at radius 3 is 2.41 bits per heavy atom. The van der Waals surface area contributed by atoms with Crippen molar-refractivity contribution in [3.05, 3.63) is 30.1 Å². The quantitative estimate of drug-likeness (QED) is 0.760. The fourth-order valence-corrected chi connectivity index (χ4v) is 2.88. The molecule has 0 unspecified atom stereocenters. The summed E-state index contributed by atoms with van der Waals surface area (Å²) in [7, 11) is 0. The number of rotatable bonds is 3. The average molecular weight is 304 g/mol. The first-order valence-corrected chi connectivity index (χ1v) is 7.46. The Balaban J connectivity index is 1.66. The number of nitrogens with two attached hydrogens (primary N) is 1. The molecular weight excluding hydrogens is 284 g/mol. The molecule has 2 heterocycles. The van der Waals surface area contributed by atoms with Crippen LogP contribution in [0, 0.1) is 0 Å². The minimum absolute atomic E-state index is 0.208. The molecule has 2 amide bonds. The first-order valence-electron chi connectivity index (χ1n) is 7.46. The molecule has 0 atom stereocenters. The number of hydrogen-bond donors (Lipinski definition) is 3. The van der Waals surface area contributed by atoms with E-state index in [-0.39, 0.29) is 19.0 Å². The lowest BCUT2D eigenvalue weighted by atomic mass is 9.87. The number of amides is 2. The number of likely N-dealkylation sites (tertiary alicyclic amines) is 1. The van der Waals surface area contributed by atoms with Gasteiger partial charge in [0.05, 0.1) is 16.8 Å². The van der Waals surface area contributed by atoms with E-state index in [2.05, 4.69) is 10.3 Å². The van der Waals surface area contributed by atoms with E-state index in [9.17, 15) is 9.59 Å². The maximum absolute atomic E-state index is 12.6. The van der Waals surface area contributed by atoms with Gasteiger partial charge in [-0.25, -0.2) is 4.79 Å². The van der Waals surface area contributed by atoms with Gasteiger partial charge in [-0.1, -0.05) is 6.07 Å². The third-order valence-electron chi connectivity index (χ3n) is 4.64. The molecule has 7 heteroatoms. The van der Waals surface area contributed by atoms with E-state index in [0.29, 0.717) is 12.8 Å². The van der Waals surface area contributed by atoms with Gasteiger partial charge in [0.25, 0.3) is 0 Å². The maximum Gasteiger partial charge on any atom is 0.407 e. The molecule has 0 aromatic carbocycles. The van der Waals surface area contributed by atoms with Crippen LogP contribution in [-0.4, -0.2) is 45.6 Å². The molecule has 1 saturated carbocycles. The molecule has 7 nitrogen and oxygen atoms in total. The van der Waals surface area contributed by atoms with Crippen LogP contribution < -0.4 is 11.1 Å². The second-order valence-corrected chi connectivity index (χ2v) is 6.18. The van der Waals surface area contributed by atoms with Gasteiger partial charge in [0.1, 0.15) is 0 Å². The highest BCUT2D eigenvalue weighted by Gasteiger charge is 2.50. The topological polar surface area (TPSA) is 109 Å². The molecule has 2 fully saturated rings. The Bertz CT molecular complexity index is 578. The second-order valence-electron chi connectivity index (χ2n) is 6.18. The highest BCUT2D eigenvalue weighted by Crippen LogP contribution is 2.44. The van der Waals surface area contributed by atoms with Gasteiger partial charge in [0.2, 0.25) is 5.91 Å². The molecule has 1 saturated heterocycles. The normalized spacial score (nSPS) is 22.0. The Kier molecular flexibility index (Phi) is 3.52. The maximum atomic E-state index is 12.6. The van der Waals surface area contributed by atoms with Gasteiger partial charge in [-0.2, -0.15) is 0 Å². The van der Waals surface area contributed by atoms with E-state index in [1.165, 1.54) is 4.90 Å². The van der Waals surface area contributed by atoms with E-state index >= 15 is 0 Å². The lowest BCUT2D eigenvalue weighted by Crippen LogP contribution is -2.61. The zero-order valence-corrected chi connectivity index (χ0v) is 12.3. The van der Waals surface area contributed by atoms with Crippen LogP contribution in [-0.2, 0) is 10.3 Å². The van der Waals surface area contributed by atoms with E-state index in [0.717, 1.165) is 18.5 Å². The molecule has 4 N–H and O–H groups in total. The van der Waals surface area contributed by atoms with Crippen LogP contribution in [0.25, 0.3) is 0 Å². The molecule has 1 aromatic rings. The minimum atomic E-state index is -1.00. The number of piperidine rings is 1. The van der Waals surface area contributed by atoms with Crippen LogP contribution in [0.4, 0.5) is 4.79 Å². The molecule has 0 radical (unpaired) electrons. The van der Waals surface area contributed by atoms with Gasteiger partial charge in [-0.15, -0.1) is 0 Å². The van der Waals surface area contributed by atoms with Crippen LogP contribution in [0.15, 0.2) is 24.4 Å². The minimum Gasteiger partial charge on any atom is -0.465 e. The van der Waals surface area contributed by atoms with Gasteiger partial charge < -0.3 is 21.1 Å². The lowest BCUT2D eigenvalue weighted by molar-refractivity contribution is -0.129.